The number of aromatic nitrogens is 2. The molecule has 4 heterocycles. The quantitative estimate of drug-likeness (QED) is 0.327. The second kappa shape index (κ2) is 10.2. The van der Waals surface area contributed by atoms with E-state index in [-0.39, 0.29) is 18.0 Å². The molecule has 0 aliphatic carbocycles. The van der Waals surface area contributed by atoms with E-state index in [0.717, 1.165) is 22.8 Å². The van der Waals surface area contributed by atoms with Gasteiger partial charge in [0.25, 0.3) is 0 Å². The summed E-state index contributed by atoms with van der Waals surface area (Å²) in [6.07, 6.45) is 5.89. The van der Waals surface area contributed by atoms with Crippen LogP contribution in [-0.2, 0) is 11.3 Å². The molecule has 3 aromatic heterocycles. The Bertz CT molecular complexity index is 1350. The maximum Gasteiger partial charge on any atom is 0.224 e. The minimum Gasteiger partial charge on any atom is -0.494 e. The van der Waals surface area contributed by atoms with Gasteiger partial charge in [0.15, 0.2) is 5.11 Å². The number of hydrogen-bond acceptors (Lipinski definition) is 5. The lowest BCUT2D eigenvalue weighted by atomic mass is 10.0. The van der Waals surface area contributed by atoms with E-state index < -0.39 is 0 Å². The molecular formula is C27H27N5O3S. The van der Waals surface area contributed by atoms with Crippen molar-refractivity contribution in [1.82, 2.24) is 14.9 Å². The standard InChI is InChI=1S/C27H27N5O3S/c1-3-24(33)29-20-12-11-18(16-23(20)34-2)32-26(25(30-27(32)36)21-9-4-5-13-28-21)22-10-6-14-31(22)17-19-8-7-15-35-19/h4-16,25-26H,3,17H2,1-2H3,(H,29,33)(H,30,36)/t25-,26-/m0/s1. The zero-order valence-electron chi connectivity index (χ0n) is 20.0. The molecule has 9 heteroatoms. The number of hydrogen-bond donors (Lipinski definition) is 2. The van der Waals surface area contributed by atoms with E-state index in [1.54, 1.807) is 19.6 Å². The Hall–Kier alpha value is -4.11. The molecule has 1 amide bonds. The summed E-state index contributed by atoms with van der Waals surface area (Å²) in [5, 5.41) is 6.95. The second-order valence-corrected chi connectivity index (χ2v) is 8.81. The average Bonchev–Trinajstić information content (AvgIpc) is 3.65. The van der Waals surface area contributed by atoms with Crippen molar-refractivity contribution in [2.24, 2.45) is 0 Å². The van der Waals surface area contributed by atoms with E-state index in [2.05, 4.69) is 31.2 Å². The first-order valence-electron chi connectivity index (χ1n) is 11.7. The predicted octanol–water partition coefficient (Wildman–Crippen LogP) is 5.06. The number of pyridine rings is 1. The number of amides is 1. The summed E-state index contributed by atoms with van der Waals surface area (Å²) in [6.45, 7) is 2.40. The van der Waals surface area contributed by atoms with Crippen molar-refractivity contribution in [3.05, 3.63) is 96.5 Å². The minimum absolute atomic E-state index is 0.0803. The molecule has 0 unspecified atom stereocenters. The van der Waals surface area contributed by atoms with E-state index >= 15 is 0 Å². The van der Waals surface area contributed by atoms with Crippen LogP contribution >= 0.6 is 12.2 Å². The lowest BCUT2D eigenvalue weighted by Crippen LogP contribution is -2.30. The molecule has 1 saturated heterocycles. The summed E-state index contributed by atoms with van der Waals surface area (Å²) in [5.74, 6) is 1.34. The number of methoxy groups -OCH3 is 1. The predicted molar refractivity (Wildman–Crippen MR) is 142 cm³/mol. The van der Waals surface area contributed by atoms with E-state index in [4.69, 9.17) is 21.4 Å². The van der Waals surface area contributed by atoms with Crippen LogP contribution < -0.4 is 20.3 Å². The first-order chi connectivity index (χ1) is 17.6. The molecule has 1 aromatic carbocycles. The Kier molecular flexibility index (Phi) is 6.73. The van der Waals surface area contributed by atoms with Crippen molar-refractivity contribution >= 4 is 34.6 Å². The highest BCUT2D eigenvalue weighted by atomic mass is 32.1. The molecule has 1 fully saturated rings. The monoisotopic (exact) mass is 501 g/mol. The van der Waals surface area contributed by atoms with Crippen molar-refractivity contribution in [2.75, 3.05) is 17.3 Å². The molecule has 0 spiro atoms. The number of furan rings is 1. The largest absolute Gasteiger partial charge is 0.494 e. The third-order valence-corrected chi connectivity index (χ3v) is 6.55. The summed E-state index contributed by atoms with van der Waals surface area (Å²) in [7, 11) is 1.59. The lowest BCUT2D eigenvalue weighted by Gasteiger charge is -2.29. The fourth-order valence-corrected chi connectivity index (χ4v) is 4.86. The number of carbonyl (C=O) groups excluding carboxylic acids is 1. The molecule has 8 nitrogen and oxygen atoms in total. The number of nitrogens with one attached hydrogen (secondary N) is 2. The summed E-state index contributed by atoms with van der Waals surface area (Å²) < 4.78 is 13.4. The van der Waals surface area contributed by atoms with Gasteiger partial charge in [-0.15, -0.1) is 0 Å². The van der Waals surface area contributed by atoms with Crippen molar-refractivity contribution in [2.45, 2.75) is 32.0 Å². The SMILES string of the molecule is CCC(=O)Nc1ccc(N2C(=S)N[C@@H](c3ccccn3)[C@@H]2c2cccn2Cc2ccco2)cc1OC. The maximum absolute atomic E-state index is 12.0. The fraction of sp³-hybridized carbons (Fsp3) is 0.222. The molecule has 2 N–H and O–H groups in total. The van der Waals surface area contributed by atoms with Crippen molar-refractivity contribution in [3.63, 3.8) is 0 Å². The number of carbonyl (C=O) groups is 1. The molecule has 0 bridgehead atoms. The molecule has 1 aliphatic heterocycles. The van der Waals surface area contributed by atoms with Crippen LogP contribution in [0.4, 0.5) is 11.4 Å². The van der Waals surface area contributed by atoms with Gasteiger partial charge in [0.05, 0.1) is 37.3 Å². The van der Waals surface area contributed by atoms with Gasteiger partial charge >= 0.3 is 0 Å². The van der Waals surface area contributed by atoms with E-state index in [9.17, 15) is 4.79 Å². The van der Waals surface area contributed by atoms with Crippen molar-refractivity contribution < 1.29 is 13.9 Å². The van der Waals surface area contributed by atoms with Crippen molar-refractivity contribution in [1.29, 1.82) is 0 Å². The highest BCUT2D eigenvalue weighted by Crippen LogP contribution is 2.43. The van der Waals surface area contributed by atoms with Gasteiger partial charge < -0.3 is 29.3 Å². The number of ether oxygens (including phenoxy) is 1. The summed E-state index contributed by atoms with van der Waals surface area (Å²) in [6, 6.07) is 19.1. The smallest absolute Gasteiger partial charge is 0.224 e. The van der Waals surface area contributed by atoms with Crippen molar-refractivity contribution in [3.8, 4) is 5.75 Å². The van der Waals surface area contributed by atoms with Gasteiger partial charge in [-0.25, -0.2) is 0 Å². The minimum atomic E-state index is -0.196. The van der Waals surface area contributed by atoms with Crippen LogP contribution in [0.1, 0.15) is 42.6 Å². The van der Waals surface area contributed by atoms with Crippen LogP contribution in [0.25, 0.3) is 0 Å². The molecule has 2 atom stereocenters. The number of benzene rings is 1. The molecule has 4 aromatic rings. The molecule has 0 radical (unpaired) electrons. The Labute approximate surface area is 214 Å². The maximum atomic E-state index is 12.0. The third kappa shape index (κ3) is 4.57. The Balaban J connectivity index is 1.58. The first kappa shape index (κ1) is 23.6. The molecule has 36 heavy (non-hydrogen) atoms. The van der Waals surface area contributed by atoms with E-state index in [0.29, 0.717) is 29.5 Å². The van der Waals surface area contributed by atoms with Gasteiger partial charge in [-0.05, 0) is 60.7 Å². The van der Waals surface area contributed by atoms with Crippen LogP contribution in [0.5, 0.6) is 5.75 Å². The Morgan fingerprint density at radius 1 is 1.19 bits per heavy atom. The van der Waals surface area contributed by atoms with Gasteiger partial charge in [0.2, 0.25) is 5.91 Å². The molecule has 1 aliphatic rings. The zero-order valence-corrected chi connectivity index (χ0v) is 20.9. The fourth-order valence-electron chi connectivity index (χ4n) is 4.52. The summed E-state index contributed by atoms with van der Waals surface area (Å²) >= 11 is 5.86. The third-order valence-electron chi connectivity index (χ3n) is 6.23. The van der Waals surface area contributed by atoms with E-state index in [1.165, 1.54) is 0 Å². The lowest BCUT2D eigenvalue weighted by molar-refractivity contribution is -0.115. The first-order valence-corrected chi connectivity index (χ1v) is 12.2. The molecule has 5 rings (SSSR count). The number of thiocarbonyl (C=S) groups is 1. The van der Waals surface area contributed by atoms with Crippen LogP contribution in [-0.4, -0.2) is 27.7 Å². The highest BCUT2D eigenvalue weighted by molar-refractivity contribution is 7.80. The summed E-state index contributed by atoms with van der Waals surface area (Å²) in [5.41, 5.74) is 3.40. The van der Waals surface area contributed by atoms with Crippen LogP contribution in [0.3, 0.4) is 0 Å². The van der Waals surface area contributed by atoms with Gasteiger partial charge in [-0.2, -0.15) is 0 Å². The van der Waals surface area contributed by atoms with Gasteiger partial charge in [-0.3, -0.25) is 9.78 Å². The van der Waals surface area contributed by atoms with Crippen LogP contribution in [0, 0.1) is 0 Å². The van der Waals surface area contributed by atoms with Gasteiger partial charge in [0.1, 0.15) is 17.6 Å². The molecular weight excluding hydrogens is 474 g/mol. The number of rotatable bonds is 8. The van der Waals surface area contributed by atoms with Gasteiger partial charge in [-0.1, -0.05) is 13.0 Å². The number of anilines is 2. The van der Waals surface area contributed by atoms with E-state index in [1.807, 2.05) is 67.7 Å². The molecule has 184 valence electrons. The topological polar surface area (TPSA) is 84.6 Å². The zero-order chi connectivity index (χ0) is 25.1. The normalized spacial score (nSPS) is 17.2. The summed E-state index contributed by atoms with van der Waals surface area (Å²) in [4.78, 5) is 18.7. The highest BCUT2D eigenvalue weighted by Gasteiger charge is 2.42. The Morgan fingerprint density at radius 2 is 2.08 bits per heavy atom. The Morgan fingerprint density at radius 3 is 2.81 bits per heavy atom. The average molecular weight is 502 g/mol. The molecule has 0 saturated carbocycles. The van der Waals surface area contributed by atoms with Crippen LogP contribution in [0.2, 0.25) is 0 Å². The van der Waals surface area contributed by atoms with Crippen LogP contribution in [0.15, 0.2) is 83.7 Å². The number of nitrogens with zero attached hydrogens (tertiary/aromatic N) is 3. The van der Waals surface area contributed by atoms with Gasteiger partial charge in [0, 0.05) is 36.3 Å². The second-order valence-electron chi connectivity index (χ2n) is 8.42.